The van der Waals surface area contributed by atoms with Crippen molar-refractivity contribution in [1.82, 2.24) is 9.80 Å². The molecule has 7 nitrogen and oxygen atoms in total. The monoisotopic (exact) mass is 807 g/mol. The highest BCUT2D eigenvalue weighted by atomic mass is 16.5. The van der Waals surface area contributed by atoms with Crippen LogP contribution < -0.4 is 0 Å². The first kappa shape index (κ1) is 55.4. The number of amides is 1. The van der Waals surface area contributed by atoms with Gasteiger partial charge in [-0.3, -0.25) is 19.3 Å². The maximum absolute atomic E-state index is 13.6. The number of rotatable bonds is 44. The summed E-state index contributed by atoms with van der Waals surface area (Å²) in [7, 11) is 0. The molecule has 338 valence electrons. The zero-order valence-electron chi connectivity index (χ0n) is 39.2. The molecule has 0 saturated heterocycles. The Bertz CT molecular complexity index is 800. The second kappa shape index (κ2) is 42.5. The quantitative estimate of drug-likeness (QED) is 0.0451. The van der Waals surface area contributed by atoms with Crippen molar-refractivity contribution in [2.24, 2.45) is 11.8 Å². The molecule has 1 amide bonds. The topological polar surface area (TPSA) is 76.1 Å². The van der Waals surface area contributed by atoms with Crippen LogP contribution in [0.3, 0.4) is 0 Å². The predicted molar refractivity (Wildman–Crippen MR) is 244 cm³/mol. The lowest BCUT2D eigenvalue weighted by atomic mass is 9.94. The molecule has 0 rings (SSSR count). The lowest BCUT2D eigenvalue weighted by Crippen LogP contribution is -2.43. The minimum Gasteiger partial charge on any atom is -0.464 e. The zero-order chi connectivity index (χ0) is 42.0. The molecule has 0 aromatic carbocycles. The number of likely N-dealkylation sites (N-methyl/N-ethyl adjacent to an activating group) is 1. The van der Waals surface area contributed by atoms with E-state index in [0.29, 0.717) is 19.6 Å². The molecule has 0 aromatic rings. The van der Waals surface area contributed by atoms with E-state index < -0.39 is 0 Å². The van der Waals surface area contributed by atoms with Crippen molar-refractivity contribution in [2.75, 3.05) is 45.9 Å². The Labute approximate surface area is 355 Å². The average molecular weight is 807 g/mol. The van der Waals surface area contributed by atoms with Gasteiger partial charge in [-0.1, -0.05) is 221 Å². The summed E-state index contributed by atoms with van der Waals surface area (Å²) in [6.07, 6.45) is 38.2. The number of unbranched alkanes of at least 4 members (excludes halogenated alkanes) is 24. The van der Waals surface area contributed by atoms with E-state index in [1.54, 1.807) is 4.90 Å². The van der Waals surface area contributed by atoms with Crippen molar-refractivity contribution < 1.29 is 23.9 Å². The van der Waals surface area contributed by atoms with Crippen LogP contribution >= 0.6 is 0 Å². The van der Waals surface area contributed by atoms with E-state index in [1.807, 2.05) is 0 Å². The summed E-state index contributed by atoms with van der Waals surface area (Å²) in [5, 5.41) is 0. The SMILES string of the molecule is CCCCCCCCCC(CCCCCCCCC)C(=O)OCCN(CCOC(=O)C(CCCCCCCCC)CCCCCCCCC)C(=O)CN(CC)CC. The molecule has 0 saturated carbocycles. The molecule has 0 aliphatic rings. The van der Waals surface area contributed by atoms with E-state index in [4.69, 9.17) is 9.47 Å². The Kier molecular flexibility index (Phi) is 41.3. The second-order valence-electron chi connectivity index (χ2n) is 17.2. The fourth-order valence-electron chi connectivity index (χ4n) is 8.00. The van der Waals surface area contributed by atoms with Crippen LogP contribution in [0, 0.1) is 11.8 Å². The number of carbonyl (C=O) groups excluding carboxylic acids is 3. The summed E-state index contributed by atoms with van der Waals surface area (Å²) in [6.45, 7) is 16.0. The van der Waals surface area contributed by atoms with E-state index in [0.717, 1.165) is 64.5 Å². The van der Waals surface area contributed by atoms with Gasteiger partial charge in [0, 0.05) is 0 Å². The number of esters is 2. The van der Waals surface area contributed by atoms with Gasteiger partial charge in [-0.05, 0) is 38.8 Å². The summed E-state index contributed by atoms with van der Waals surface area (Å²) in [5.74, 6) is -0.347. The fourth-order valence-corrected chi connectivity index (χ4v) is 8.00. The van der Waals surface area contributed by atoms with Crippen molar-refractivity contribution >= 4 is 17.8 Å². The Morgan fingerprint density at radius 2 is 0.649 bits per heavy atom. The molecule has 57 heavy (non-hydrogen) atoms. The van der Waals surface area contributed by atoms with Crippen LogP contribution in [0.4, 0.5) is 0 Å². The summed E-state index contributed by atoms with van der Waals surface area (Å²) in [4.78, 5) is 44.4. The molecule has 0 atom stereocenters. The third-order valence-electron chi connectivity index (χ3n) is 12.1. The molecule has 0 aliphatic carbocycles. The number of carbonyl (C=O) groups is 3. The van der Waals surface area contributed by atoms with Gasteiger partial charge < -0.3 is 14.4 Å². The lowest BCUT2D eigenvalue weighted by molar-refractivity contribution is -0.152. The number of hydrogen-bond donors (Lipinski definition) is 0. The lowest BCUT2D eigenvalue weighted by Gasteiger charge is -2.27. The number of ether oxygens (including phenoxy) is 2. The highest BCUT2D eigenvalue weighted by Gasteiger charge is 2.23. The molecule has 0 aromatic heterocycles. The molecule has 0 spiro atoms. The van der Waals surface area contributed by atoms with Crippen LogP contribution in [0.25, 0.3) is 0 Å². The minimum atomic E-state index is -0.104. The molecule has 0 radical (unpaired) electrons. The maximum Gasteiger partial charge on any atom is 0.308 e. The average Bonchev–Trinajstić information content (AvgIpc) is 3.21. The molecular formula is C50H98N2O5. The number of nitrogens with zero attached hydrogens (tertiary/aromatic N) is 2. The van der Waals surface area contributed by atoms with Gasteiger partial charge in [0.05, 0.1) is 31.5 Å². The second-order valence-corrected chi connectivity index (χ2v) is 17.2. The van der Waals surface area contributed by atoms with Gasteiger partial charge in [-0.2, -0.15) is 0 Å². The minimum absolute atomic E-state index is 0.00353. The van der Waals surface area contributed by atoms with Gasteiger partial charge in [0.2, 0.25) is 5.91 Å². The van der Waals surface area contributed by atoms with Crippen LogP contribution in [0.1, 0.15) is 247 Å². The molecule has 0 aliphatic heterocycles. The Balaban J connectivity index is 5.32. The van der Waals surface area contributed by atoms with Crippen molar-refractivity contribution in [3.8, 4) is 0 Å². The van der Waals surface area contributed by atoms with E-state index in [9.17, 15) is 14.4 Å². The van der Waals surface area contributed by atoms with Gasteiger partial charge in [0.25, 0.3) is 0 Å². The van der Waals surface area contributed by atoms with Crippen molar-refractivity contribution in [2.45, 2.75) is 247 Å². The molecule has 0 heterocycles. The predicted octanol–water partition coefficient (Wildman–Crippen LogP) is 14.0. The molecule has 0 N–H and O–H groups in total. The molecule has 0 unspecified atom stereocenters. The summed E-state index contributed by atoms with van der Waals surface area (Å²) in [6, 6.07) is 0. The molecule has 0 bridgehead atoms. The highest BCUT2D eigenvalue weighted by molar-refractivity contribution is 5.78. The van der Waals surface area contributed by atoms with E-state index >= 15 is 0 Å². The van der Waals surface area contributed by atoms with Gasteiger partial charge in [0.1, 0.15) is 13.2 Å². The third-order valence-corrected chi connectivity index (χ3v) is 12.1. The first-order valence-electron chi connectivity index (χ1n) is 25.2. The first-order chi connectivity index (χ1) is 27.9. The summed E-state index contributed by atoms with van der Waals surface area (Å²) >= 11 is 0. The Morgan fingerprint density at radius 1 is 0.386 bits per heavy atom. The van der Waals surface area contributed by atoms with Gasteiger partial charge in [0.15, 0.2) is 0 Å². The van der Waals surface area contributed by atoms with Crippen LogP contribution in [0.15, 0.2) is 0 Å². The Hall–Kier alpha value is -1.63. The molecular weight excluding hydrogens is 709 g/mol. The summed E-state index contributed by atoms with van der Waals surface area (Å²) in [5.41, 5.74) is 0. The van der Waals surface area contributed by atoms with Gasteiger partial charge >= 0.3 is 11.9 Å². The fraction of sp³-hybridized carbons (Fsp3) is 0.940. The normalized spacial score (nSPS) is 11.6. The van der Waals surface area contributed by atoms with Crippen LogP contribution in [-0.4, -0.2) is 73.6 Å². The largest absolute Gasteiger partial charge is 0.464 e. The van der Waals surface area contributed by atoms with Crippen LogP contribution in [0.5, 0.6) is 0 Å². The smallest absolute Gasteiger partial charge is 0.308 e. The highest BCUT2D eigenvalue weighted by Crippen LogP contribution is 2.23. The van der Waals surface area contributed by atoms with Crippen LogP contribution in [0.2, 0.25) is 0 Å². The zero-order valence-corrected chi connectivity index (χ0v) is 39.2. The third kappa shape index (κ3) is 33.9. The standard InChI is InChI=1S/C50H98N2O5/c1-7-13-17-21-25-29-33-37-46(38-34-30-26-22-18-14-8-2)49(54)56-43-41-52(48(53)45-51(11-5)12-6)42-44-57-50(55)47(39-35-31-27-23-19-15-9-3)40-36-32-28-24-20-16-10-4/h46-47H,7-45H2,1-6H3. The first-order valence-corrected chi connectivity index (χ1v) is 25.2. The van der Waals surface area contributed by atoms with Crippen molar-refractivity contribution in [1.29, 1.82) is 0 Å². The molecule has 7 heteroatoms. The van der Waals surface area contributed by atoms with Crippen molar-refractivity contribution in [3.63, 3.8) is 0 Å². The van der Waals surface area contributed by atoms with E-state index in [2.05, 4.69) is 46.4 Å². The molecule has 0 fully saturated rings. The van der Waals surface area contributed by atoms with Gasteiger partial charge in [-0.15, -0.1) is 0 Å². The van der Waals surface area contributed by atoms with Gasteiger partial charge in [-0.25, -0.2) is 0 Å². The van der Waals surface area contributed by atoms with Crippen LogP contribution in [-0.2, 0) is 23.9 Å². The Morgan fingerprint density at radius 3 is 0.912 bits per heavy atom. The van der Waals surface area contributed by atoms with E-state index in [1.165, 1.54) is 154 Å². The van der Waals surface area contributed by atoms with E-state index in [-0.39, 0.29) is 42.9 Å². The summed E-state index contributed by atoms with van der Waals surface area (Å²) < 4.78 is 11.9. The van der Waals surface area contributed by atoms with Crippen molar-refractivity contribution in [3.05, 3.63) is 0 Å². The number of hydrogen-bond acceptors (Lipinski definition) is 6. The maximum atomic E-state index is 13.6.